The molecule has 4 rings (SSSR count). The first kappa shape index (κ1) is 12.7. The Kier molecular flexibility index (Phi) is 3.27. The van der Waals surface area contributed by atoms with E-state index in [1.165, 1.54) is 29.8 Å². The van der Waals surface area contributed by atoms with E-state index in [1.807, 2.05) is 18.2 Å². The van der Waals surface area contributed by atoms with Crippen LogP contribution in [-0.2, 0) is 19.4 Å². The Bertz CT molecular complexity index is 755. The number of hydrogen-bond donors (Lipinski definition) is 0. The molecule has 0 spiro atoms. The second-order valence-electron chi connectivity index (χ2n) is 5.15. The SMILES string of the molecule is c1cnc2c(OCc3nc4c(s3)CCCC4)ccnc2c1. The Balaban J connectivity index is 1.57. The molecular formula is C16H15N3OS. The van der Waals surface area contributed by atoms with E-state index in [1.54, 1.807) is 23.7 Å². The van der Waals surface area contributed by atoms with Crippen LogP contribution in [-0.4, -0.2) is 15.0 Å². The molecule has 0 saturated heterocycles. The van der Waals surface area contributed by atoms with Crippen molar-refractivity contribution in [1.82, 2.24) is 15.0 Å². The van der Waals surface area contributed by atoms with E-state index < -0.39 is 0 Å². The molecule has 1 aliphatic carbocycles. The van der Waals surface area contributed by atoms with E-state index in [-0.39, 0.29) is 0 Å². The molecule has 5 heteroatoms. The summed E-state index contributed by atoms with van der Waals surface area (Å²) in [5.74, 6) is 0.772. The molecule has 0 atom stereocenters. The number of hydrogen-bond acceptors (Lipinski definition) is 5. The smallest absolute Gasteiger partial charge is 0.149 e. The van der Waals surface area contributed by atoms with Crippen LogP contribution in [0.3, 0.4) is 0 Å². The highest BCUT2D eigenvalue weighted by molar-refractivity contribution is 7.11. The van der Waals surface area contributed by atoms with E-state index in [4.69, 9.17) is 9.72 Å². The van der Waals surface area contributed by atoms with Crippen molar-refractivity contribution in [2.45, 2.75) is 32.3 Å². The van der Waals surface area contributed by atoms with E-state index in [2.05, 4.69) is 9.97 Å². The highest BCUT2D eigenvalue weighted by atomic mass is 32.1. The zero-order valence-corrected chi connectivity index (χ0v) is 12.4. The number of ether oxygens (including phenoxy) is 1. The van der Waals surface area contributed by atoms with E-state index in [0.29, 0.717) is 6.61 Å². The third kappa shape index (κ3) is 2.49. The maximum Gasteiger partial charge on any atom is 0.149 e. The summed E-state index contributed by atoms with van der Waals surface area (Å²) in [4.78, 5) is 14.8. The summed E-state index contributed by atoms with van der Waals surface area (Å²) in [7, 11) is 0. The third-order valence-electron chi connectivity index (χ3n) is 3.70. The van der Waals surface area contributed by atoms with Crippen LogP contribution in [0.15, 0.2) is 30.6 Å². The van der Waals surface area contributed by atoms with Crippen LogP contribution in [0.4, 0.5) is 0 Å². The molecule has 3 heterocycles. The fraction of sp³-hybridized carbons (Fsp3) is 0.312. The molecule has 0 N–H and O–H groups in total. The van der Waals surface area contributed by atoms with Crippen molar-refractivity contribution in [2.75, 3.05) is 0 Å². The summed E-state index contributed by atoms with van der Waals surface area (Å²) in [6, 6.07) is 5.69. The molecule has 0 aromatic carbocycles. The van der Waals surface area contributed by atoms with Gasteiger partial charge in [-0.1, -0.05) is 0 Å². The molecule has 0 bridgehead atoms. The lowest BCUT2D eigenvalue weighted by molar-refractivity contribution is 0.308. The van der Waals surface area contributed by atoms with Gasteiger partial charge in [-0.3, -0.25) is 9.97 Å². The molecule has 0 unspecified atom stereocenters. The fourth-order valence-corrected chi connectivity index (χ4v) is 3.75. The lowest BCUT2D eigenvalue weighted by atomic mass is 10.0. The molecule has 1 aliphatic rings. The highest BCUT2D eigenvalue weighted by Crippen LogP contribution is 2.28. The number of pyridine rings is 2. The molecular weight excluding hydrogens is 282 g/mol. The third-order valence-corrected chi connectivity index (χ3v) is 4.83. The van der Waals surface area contributed by atoms with Gasteiger partial charge in [-0.25, -0.2) is 4.98 Å². The monoisotopic (exact) mass is 297 g/mol. The van der Waals surface area contributed by atoms with Crippen molar-refractivity contribution >= 4 is 22.4 Å². The second-order valence-corrected chi connectivity index (χ2v) is 6.32. The van der Waals surface area contributed by atoms with Gasteiger partial charge in [-0.15, -0.1) is 11.3 Å². The Morgan fingerprint density at radius 3 is 3.00 bits per heavy atom. The zero-order valence-electron chi connectivity index (χ0n) is 11.6. The highest BCUT2D eigenvalue weighted by Gasteiger charge is 2.15. The van der Waals surface area contributed by atoms with Crippen molar-refractivity contribution in [3.05, 3.63) is 46.2 Å². The number of aryl methyl sites for hydroxylation is 2. The van der Waals surface area contributed by atoms with Crippen molar-refractivity contribution < 1.29 is 4.74 Å². The van der Waals surface area contributed by atoms with Crippen molar-refractivity contribution in [3.8, 4) is 5.75 Å². The average Bonchev–Trinajstić information content (AvgIpc) is 2.96. The molecule has 0 radical (unpaired) electrons. The average molecular weight is 297 g/mol. The summed E-state index contributed by atoms with van der Waals surface area (Å²) in [5.41, 5.74) is 2.94. The topological polar surface area (TPSA) is 47.9 Å². The summed E-state index contributed by atoms with van der Waals surface area (Å²) in [6.45, 7) is 0.507. The molecule has 3 aromatic heterocycles. The van der Waals surface area contributed by atoms with Crippen LogP contribution in [0.2, 0.25) is 0 Å². The van der Waals surface area contributed by atoms with Gasteiger partial charge in [-0.05, 0) is 37.8 Å². The van der Waals surface area contributed by atoms with E-state index in [9.17, 15) is 0 Å². The van der Waals surface area contributed by atoms with Gasteiger partial charge in [0.1, 0.15) is 22.9 Å². The first-order valence-electron chi connectivity index (χ1n) is 7.20. The number of rotatable bonds is 3. The summed E-state index contributed by atoms with van der Waals surface area (Å²) < 4.78 is 5.93. The molecule has 106 valence electrons. The minimum atomic E-state index is 0.507. The quantitative estimate of drug-likeness (QED) is 0.742. The van der Waals surface area contributed by atoms with Crippen molar-refractivity contribution in [1.29, 1.82) is 0 Å². The zero-order chi connectivity index (χ0) is 14.1. The lowest BCUT2D eigenvalue weighted by Gasteiger charge is -2.06. The van der Waals surface area contributed by atoms with E-state index in [0.717, 1.165) is 28.2 Å². The standard InChI is InChI=1S/C16H15N3OS/c1-2-6-14-11(4-1)19-15(21-14)10-20-13-7-9-17-12-5-3-8-18-16(12)13/h3,5,7-9H,1-2,4,6,10H2. The van der Waals surface area contributed by atoms with Crippen molar-refractivity contribution in [3.63, 3.8) is 0 Å². The number of nitrogens with zero attached hydrogens (tertiary/aromatic N) is 3. The largest absolute Gasteiger partial charge is 0.484 e. The van der Waals surface area contributed by atoms with Crippen LogP contribution in [0, 0.1) is 0 Å². The Labute approximate surface area is 126 Å². The number of aromatic nitrogens is 3. The van der Waals surface area contributed by atoms with Gasteiger partial charge in [-0.2, -0.15) is 0 Å². The number of fused-ring (bicyclic) bond motifs is 2. The van der Waals surface area contributed by atoms with Crippen molar-refractivity contribution in [2.24, 2.45) is 0 Å². The Morgan fingerprint density at radius 1 is 1.10 bits per heavy atom. The molecule has 0 fully saturated rings. The summed E-state index contributed by atoms with van der Waals surface area (Å²) in [6.07, 6.45) is 8.36. The molecule has 21 heavy (non-hydrogen) atoms. The van der Waals surface area contributed by atoms with Gasteiger partial charge < -0.3 is 4.74 Å². The minimum absolute atomic E-state index is 0.507. The predicted molar refractivity (Wildman–Crippen MR) is 82.6 cm³/mol. The van der Waals surface area contributed by atoms with Gasteiger partial charge in [0.2, 0.25) is 0 Å². The summed E-state index contributed by atoms with van der Waals surface area (Å²) >= 11 is 1.79. The lowest BCUT2D eigenvalue weighted by Crippen LogP contribution is -2.00. The maximum atomic E-state index is 5.93. The Hall–Kier alpha value is -2.01. The molecule has 4 nitrogen and oxygen atoms in total. The van der Waals surface area contributed by atoms with Crippen LogP contribution < -0.4 is 4.74 Å². The minimum Gasteiger partial charge on any atom is -0.484 e. The van der Waals surface area contributed by atoms with Gasteiger partial charge in [0, 0.05) is 23.3 Å². The Morgan fingerprint density at radius 2 is 2.05 bits per heavy atom. The predicted octanol–water partition coefficient (Wildman–Crippen LogP) is 3.54. The van der Waals surface area contributed by atoms with Gasteiger partial charge in [0.25, 0.3) is 0 Å². The van der Waals surface area contributed by atoms with Crippen LogP contribution >= 0.6 is 11.3 Å². The number of thiazole rings is 1. The molecule has 3 aromatic rings. The van der Waals surface area contributed by atoms with Crippen LogP contribution in [0.25, 0.3) is 11.0 Å². The summed E-state index contributed by atoms with van der Waals surface area (Å²) in [5, 5.41) is 1.06. The van der Waals surface area contributed by atoms with Crippen LogP contribution in [0.1, 0.15) is 28.4 Å². The van der Waals surface area contributed by atoms with Gasteiger partial charge >= 0.3 is 0 Å². The normalized spacial score (nSPS) is 14.1. The van der Waals surface area contributed by atoms with Gasteiger partial charge in [0.15, 0.2) is 0 Å². The molecule has 0 amide bonds. The maximum absolute atomic E-state index is 5.93. The van der Waals surface area contributed by atoms with E-state index >= 15 is 0 Å². The second kappa shape index (κ2) is 5.41. The fourth-order valence-electron chi connectivity index (χ4n) is 2.68. The molecule has 0 aliphatic heterocycles. The first-order valence-corrected chi connectivity index (χ1v) is 8.02. The molecule has 0 saturated carbocycles. The van der Waals surface area contributed by atoms with Gasteiger partial charge in [0.05, 0.1) is 11.2 Å². The first-order chi connectivity index (χ1) is 10.4. The van der Waals surface area contributed by atoms with Crippen LogP contribution in [0.5, 0.6) is 5.75 Å².